The third-order valence-electron chi connectivity index (χ3n) is 5.93. The Morgan fingerprint density at radius 2 is 1.91 bits per heavy atom. The van der Waals surface area contributed by atoms with Gasteiger partial charge in [0, 0.05) is 22.5 Å². The molecule has 1 heterocycles. The minimum atomic E-state index is -0.923. The Kier molecular flexibility index (Phi) is 7.38. The van der Waals surface area contributed by atoms with Gasteiger partial charge in [0.1, 0.15) is 11.7 Å². The van der Waals surface area contributed by atoms with Gasteiger partial charge in [0.2, 0.25) is 0 Å². The van der Waals surface area contributed by atoms with E-state index < -0.39 is 23.8 Å². The Hall–Kier alpha value is -3.09. The number of ether oxygens (including phenoxy) is 3. The number of nitrogens with one attached hydrogen (secondary N) is 1. The second kappa shape index (κ2) is 10.0. The Morgan fingerprint density at radius 1 is 1.19 bits per heavy atom. The molecule has 7 heteroatoms. The van der Waals surface area contributed by atoms with E-state index in [1.807, 2.05) is 52.0 Å². The zero-order chi connectivity index (χ0) is 23.4. The smallest absolute Gasteiger partial charge is 0.336 e. The molecule has 0 spiro atoms. The summed E-state index contributed by atoms with van der Waals surface area (Å²) in [4.78, 5) is 39.3. The first-order valence-electron chi connectivity index (χ1n) is 11.1. The van der Waals surface area contributed by atoms with Crippen LogP contribution in [0.5, 0.6) is 5.75 Å². The maximum absolute atomic E-state index is 13.7. The maximum atomic E-state index is 13.7. The number of para-hydroxylation sites is 1. The van der Waals surface area contributed by atoms with Crippen molar-refractivity contribution in [2.45, 2.75) is 46.5 Å². The molecule has 1 N–H and O–H groups in total. The number of methoxy groups -OCH3 is 1. The lowest BCUT2D eigenvalue weighted by atomic mass is 9.69. The van der Waals surface area contributed by atoms with Crippen molar-refractivity contribution < 1.29 is 28.6 Å². The van der Waals surface area contributed by atoms with Crippen LogP contribution in [-0.4, -0.2) is 38.0 Å². The summed E-state index contributed by atoms with van der Waals surface area (Å²) in [5.74, 6) is -2.65. The number of allylic oxidation sites excluding steroid dienone is 3. The highest BCUT2D eigenvalue weighted by Crippen LogP contribution is 2.47. The maximum Gasteiger partial charge on any atom is 0.336 e. The summed E-state index contributed by atoms with van der Waals surface area (Å²) in [5.41, 5.74) is 2.81. The number of Topliss-reactive ketones (excluding diaryl/α,β-unsaturated/α-hetero) is 1. The fourth-order valence-electron chi connectivity index (χ4n) is 4.54. The van der Waals surface area contributed by atoms with Crippen LogP contribution in [0, 0.1) is 11.8 Å². The Bertz CT molecular complexity index is 976. The first kappa shape index (κ1) is 23.6. The molecular formula is C25H31NO6. The lowest BCUT2D eigenvalue weighted by Crippen LogP contribution is -2.43. The molecule has 1 aliphatic carbocycles. The molecule has 3 rings (SSSR count). The molecule has 3 atom stereocenters. The molecule has 0 saturated carbocycles. The van der Waals surface area contributed by atoms with Crippen LogP contribution in [-0.2, 0) is 23.9 Å². The molecule has 0 bridgehead atoms. The van der Waals surface area contributed by atoms with Gasteiger partial charge in [-0.15, -0.1) is 0 Å². The average Bonchev–Trinajstić information content (AvgIpc) is 2.77. The summed E-state index contributed by atoms with van der Waals surface area (Å²) >= 11 is 0. The number of carbonyl (C=O) groups excluding carboxylic acids is 3. The summed E-state index contributed by atoms with van der Waals surface area (Å²) in [6.07, 6.45) is 1.17. The summed E-state index contributed by atoms with van der Waals surface area (Å²) in [6.45, 7) is 8.17. The van der Waals surface area contributed by atoms with E-state index in [1.54, 1.807) is 0 Å². The van der Waals surface area contributed by atoms with Crippen LogP contribution in [0.25, 0.3) is 0 Å². The van der Waals surface area contributed by atoms with Crippen molar-refractivity contribution in [3.63, 3.8) is 0 Å². The zero-order valence-corrected chi connectivity index (χ0v) is 19.3. The van der Waals surface area contributed by atoms with Crippen LogP contribution in [0.3, 0.4) is 0 Å². The molecule has 0 fully saturated rings. The Morgan fingerprint density at radius 3 is 2.56 bits per heavy atom. The van der Waals surface area contributed by atoms with Gasteiger partial charge in [-0.05, 0) is 38.7 Å². The third kappa shape index (κ3) is 4.29. The van der Waals surface area contributed by atoms with Crippen molar-refractivity contribution >= 4 is 17.7 Å². The van der Waals surface area contributed by atoms with Gasteiger partial charge in [-0.3, -0.25) is 9.59 Å². The normalized spacial score (nSPS) is 22.8. The highest BCUT2D eigenvalue weighted by atomic mass is 16.5. The van der Waals surface area contributed by atoms with Crippen molar-refractivity contribution in [3.05, 3.63) is 52.4 Å². The van der Waals surface area contributed by atoms with Gasteiger partial charge in [0.25, 0.3) is 0 Å². The summed E-state index contributed by atoms with van der Waals surface area (Å²) in [7, 11) is 1.28. The number of rotatable bonds is 7. The SMILES string of the molecule is CCCOC(=O)C1=C(C)NC2=C(C(=O)C(C(=O)OC)C(C)C2)C1c1ccccc1OCC. The van der Waals surface area contributed by atoms with Crippen molar-refractivity contribution in [3.8, 4) is 5.75 Å². The molecule has 7 nitrogen and oxygen atoms in total. The number of carbonyl (C=O) groups is 3. The molecule has 1 aromatic rings. The Labute approximate surface area is 188 Å². The number of hydrogen-bond donors (Lipinski definition) is 1. The number of ketones is 1. The van der Waals surface area contributed by atoms with E-state index in [4.69, 9.17) is 14.2 Å². The number of benzene rings is 1. The minimum Gasteiger partial charge on any atom is -0.494 e. The second-order valence-electron chi connectivity index (χ2n) is 8.14. The summed E-state index contributed by atoms with van der Waals surface area (Å²) in [6, 6.07) is 7.36. The van der Waals surface area contributed by atoms with Gasteiger partial charge in [-0.2, -0.15) is 0 Å². The lowest BCUT2D eigenvalue weighted by molar-refractivity contribution is -0.151. The minimum absolute atomic E-state index is 0.231. The second-order valence-corrected chi connectivity index (χ2v) is 8.14. The third-order valence-corrected chi connectivity index (χ3v) is 5.93. The van der Waals surface area contributed by atoms with Crippen molar-refractivity contribution in [2.75, 3.05) is 20.3 Å². The fraction of sp³-hybridized carbons (Fsp3) is 0.480. The van der Waals surface area contributed by atoms with Crippen LogP contribution < -0.4 is 10.1 Å². The summed E-state index contributed by atoms with van der Waals surface area (Å²) in [5, 5.41) is 3.26. The standard InChI is InChI=1S/C25H31NO6/c1-6-12-32-25(29)20-15(4)26-17-13-14(3)19(24(28)30-5)23(27)22(17)21(20)16-10-8-9-11-18(16)31-7-2/h8-11,14,19,21,26H,6-7,12-13H2,1-5H3. The van der Waals surface area contributed by atoms with Crippen LogP contribution in [0.15, 0.2) is 46.8 Å². The van der Waals surface area contributed by atoms with Crippen LogP contribution in [0.1, 0.15) is 52.0 Å². The average molecular weight is 442 g/mol. The molecule has 2 aliphatic rings. The topological polar surface area (TPSA) is 90.9 Å². The highest BCUT2D eigenvalue weighted by molar-refractivity contribution is 6.12. The van der Waals surface area contributed by atoms with Crippen LogP contribution >= 0.6 is 0 Å². The summed E-state index contributed by atoms with van der Waals surface area (Å²) < 4.78 is 16.3. The van der Waals surface area contributed by atoms with E-state index in [2.05, 4.69) is 5.32 Å². The Balaban J connectivity index is 2.21. The van der Waals surface area contributed by atoms with Crippen molar-refractivity contribution in [1.82, 2.24) is 5.32 Å². The number of esters is 2. The van der Waals surface area contributed by atoms with E-state index in [9.17, 15) is 14.4 Å². The molecule has 32 heavy (non-hydrogen) atoms. The number of dihydropyridines is 1. The van der Waals surface area contributed by atoms with E-state index in [-0.39, 0.29) is 18.3 Å². The first-order valence-corrected chi connectivity index (χ1v) is 11.1. The van der Waals surface area contributed by atoms with Gasteiger partial charge in [-0.1, -0.05) is 32.0 Å². The van der Waals surface area contributed by atoms with Gasteiger partial charge in [0.05, 0.1) is 31.8 Å². The molecule has 0 aromatic heterocycles. The van der Waals surface area contributed by atoms with Crippen molar-refractivity contribution in [2.24, 2.45) is 11.8 Å². The molecule has 1 aromatic carbocycles. The first-order chi connectivity index (χ1) is 15.3. The van der Waals surface area contributed by atoms with E-state index in [0.717, 1.165) is 5.70 Å². The quantitative estimate of drug-likeness (QED) is 0.510. The molecular weight excluding hydrogens is 410 g/mol. The predicted molar refractivity (Wildman–Crippen MR) is 119 cm³/mol. The fourth-order valence-corrected chi connectivity index (χ4v) is 4.54. The van der Waals surface area contributed by atoms with Gasteiger partial charge in [-0.25, -0.2) is 4.79 Å². The van der Waals surface area contributed by atoms with Gasteiger partial charge in [0.15, 0.2) is 5.78 Å². The predicted octanol–water partition coefficient (Wildman–Crippen LogP) is 3.65. The van der Waals surface area contributed by atoms with Crippen molar-refractivity contribution in [1.29, 1.82) is 0 Å². The molecule has 0 amide bonds. The molecule has 3 unspecified atom stereocenters. The molecule has 0 radical (unpaired) electrons. The van der Waals surface area contributed by atoms with E-state index in [1.165, 1.54) is 7.11 Å². The van der Waals surface area contributed by atoms with Gasteiger partial charge < -0.3 is 19.5 Å². The molecule has 0 saturated heterocycles. The largest absolute Gasteiger partial charge is 0.494 e. The van der Waals surface area contributed by atoms with E-state index >= 15 is 0 Å². The number of hydrogen-bond acceptors (Lipinski definition) is 7. The van der Waals surface area contributed by atoms with Crippen LogP contribution in [0.4, 0.5) is 0 Å². The molecule has 1 aliphatic heterocycles. The molecule has 172 valence electrons. The zero-order valence-electron chi connectivity index (χ0n) is 19.3. The lowest BCUT2D eigenvalue weighted by Gasteiger charge is -2.38. The van der Waals surface area contributed by atoms with E-state index in [0.29, 0.717) is 47.6 Å². The van der Waals surface area contributed by atoms with Crippen LogP contribution in [0.2, 0.25) is 0 Å². The van der Waals surface area contributed by atoms with Gasteiger partial charge >= 0.3 is 11.9 Å². The monoisotopic (exact) mass is 441 g/mol. The highest BCUT2D eigenvalue weighted by Gasteiger charge is 2.47.